The Morgan fingerprint density at radius 2 is 1.46 bits per heavy atom. The molecule has 1 aliphatic heterocycles. The van der Waals surface area contributed by atoms with Crippen LogP contribution in [0.2, 0.25) is 0 Å². The predicted octanol–water partition coefficient (Wildman–Crippen LogP) is 3.08. The topological polar surface area (TPSA) is 66.0 Å². The number of piperidine rings is 1. The van der Waals surface area contributed by atoms with Crippen molar-refractivity contribution < 1.29 is 23.7 Å². The molecule has 154 valence electrons. The first-order valence-corrected chi connectivity index (χ1v) is 10.5. The molecule has 1 rings (SSSR count). The SMILES string of the molecule is CCCCCCCCC(=O)OCCOCCOCCOC1CCNCC1. The summed E-state index contributed by atoms with van der Waals surface area (Å²) >= 11 is 0. The van der Waals surface area contributed by atoms with Crippen LogP contribution >= 0.6 is 0 Å². The van der Waals surface area contributed by atoms with E-state index in [0.717, 1.165) is 38.8 Å². The number of carbonyl (C=O) groups excluding carboxylic acids is 1. The molecule has 26 heavy (non-hydrogen) atoms. The highest BCUT2D eigenvalue weighted by Crippen LogP contribution is 2.07. The van der Waals surface area contributed by atoms with Gasteiger partial charge >= 0.3 is 5.97 Å². The Hall–Kier alpha value is -0.690. The summed E-state index contributed by atoms with van der Waals surface area (Å²) in [6, 6.07) is 0. The van der Waals surface area contributed by atoms with Gasteiger partial charge in [0, 0.05) is 6.42 Å². The zero-order valence-electron chi connectivity index (χ0n) is 16.6. The molecule has 0 aliphatic carbocycles. The zero-order valence-corrected chi connectivity index (χ0v) is 16.6. The van der Waals surface area contributed by atoms with Crippen molar-refractivity contribution in [2.75, 3.05) is 52.7 Å². The molecule has 1 fully saturated rings. The highest BCUT2D eigenvalue weighted by atomic mass is 16.6. The number of unbranched alkanes of at least 4 members (excludes halogenated alkanes) is 5. The molecular weight excluding hydrogens is 334 g/mol. The molecule has 0 spiro atoms. The van der Waals surface area contributed by atoms with Gasteiger partial charge in [-0.3, -0.25) is 4.79 Å². The van der Waals surface area contributed by atoms with Gasteiger partial charge in [0.2, 0.25) is 0 Å². The highest BCUT2D eigenvalue weighted by molar-refractivity contribution is 5.69. The summed E-state index contributed by atoms with van der Waals surface area (Å²) in [5.41, 5.74) is 0. The van der Waals surface area contributed by atoms with Gasteiger partial charge in [-0.15, -0.1) is 0 Å². The smallest absolute Gasteiger partial charge is 0.305 e. The average Bonchev–Trinajstić information content (AvgIpc) is 2.67. The van der Waals surface area contributed by atoms with Crippen molar-refractivity contribution >= 4 is 5.97 Å². The lowest BCUT2D eigenvalue weighted by atomic mass is 10.1. The maximum Gasteiger partial charge on any atom is 0.305 e. The molecule has 0 atom stereocenters. The van der Waals surface area contributed by atoms with Crippen molar-refractivity contribution in [2.45, 2.75) is 70.8 Å². The molecule has 0 radical (unpaired) electrons. The van der Waals surface area contributed by atoms with E-state index in [0.29, 0.717) is 52.2 Å². The molecule has 0 saturated carbocycles. The van der Waals surface area contributed by atoms with Crippen LogP contribution in [-0.4, -0.2) is 64.8 Å². The van der Waals surface area contributed by atoms with Crippen LogP contribution in [0.1, 0.15) is 64.7 Å². The third-order valence-electron chi connectivity index (χ3n) is 4.46. The lowest BCUT2D eigenvalue weighted by Crippen LogP contribution is -2.33. The minimum Gasteiger partial charge on any atom is -0.463 e. The number of esters is 1. The number of hydrogen-bond donors (Lipinski definition) is 1. The molecule has 0 aromatic rings. The fourth-order valence-corrected chi connectivity index (χ4v) is 2.89. The van der Waals surface area contributed by atoms with Crippen LogP contribution in [0, 0.1) is 0 Å². The third kappa shape index (κ3) is 14.5. The number of carbonyl (C=O) groups is 1. The molecule has 1 N–H and O–H groups in total. The molecule has 1 saturated heterocycles. The normalized spacial score (nSPS) is 15.3. The first kappa shape index (κ1) is 23.3. The summed E-state index contributed by atoms with van der Waals surface area (Å²) in [5, 5.41) is 3.32. The fraction of sp³-hybridized carbons (Fsp3) is 0.950. The molecule has 1 heterocycles. The molecule has 0 aromatic carbocycles. The van der Waals surface area contributed by atoms with Gasteiger partial charge in [0.15, 0.2) is 0 Å². The summed E-state index contributed by atoms with van der Waals surface area (Å²) < 4.78 is 21.8. The molecule has 6 heteroatoms. The van der Waals surface area contributed by atoms with Gasteiger partial charge in [-0.1, -0.05) is 39.0 Å². The Morgan fingerprint density at radius 3 is 2.19 bits per heavy atom. The van der Waals surface area contributed by atoms with Crippen LogP contribution < -0.4 is 5.32 Å². The fourth-order valence-electron chi connectivity index (χ4n) is 2.89. The maximum atomic E-state index is 11.5. The van der Waals surface area contributed by atoms with Gasteiger partial charge < -0.3 is 24.3 Å². The van der Waals surface area contributed by atoms with E-state index >= 15 is 0 Å². The molecule has 0 bridgehead atoms. The van der Waals surface area contributed by atoms with E-state index < -0.39 is 0 Å². The molecule has 0 amide bonds. The van der Waals surface area contributed by atoms with E-state index in [1.165, 1.54) is 25.7 Å². The monoisotopic (exact) mass is 373 g/mol. The molecule has 0 unspecified atom stereocenters. The van der Waals surface area contributed by atoms with Crippen LogP contribution in [0.5, 0.6) is 0 Å². The second-order valence-corrected chi connectivity index (χ2v) is 6.78. The Balaban J connectivity index is 1.74. The second-order valence-electron chi connectivity index (χ2n) is 6.78. The maximum absolute atomic E-state index is 11.5. The number of rotatable bonds is 17. The minimum absolute atomic E-state index is 0.115. The Morgan fingerprint density at radius 1 is 0.846 bits per heavy atom. The van der Waals surface area contributed by atoms with Crippen LogP contribution in [0.4, 0.5) is 0 Å². The average molecular weight is 374 g/mol. The van der Waals surface area contributed by atoms with E-state index in [1.54, 1.807) is 0 Å². The quantitative estimate of drug-likeness (QED) is 0.312. The van der Waals surface area contributed by atoms with Crippen molar-refractivity contribution in [3.05, 3.63) is 0 Å². The lowest BCUT2D eigenvalue weighted by Gasteiger charge is -2.22. The predicted molar refractivity (Wildman–Crippen MR) is 102 cm³/mol. The van der Waals surface area contributed by atoms with Crippen LogP contribution in [0.15, 0.2) is 0 Å². The van der Waals surface area contributed by atoms with Crippen molar-refractivity contribution in [3.8, 4) is 0 Å². The van der Waals surface area contributed by atoms with E-state index in [-0.39, 0.29) is 5.97 Å². The van der Waals surface area contributed by atoms with E-state index in [1.807, 2.05) is 0 Å². The van der Waals surface area contributed by atoms with Crippen LogP contribution in [-0.2, 0) is 23.7 Å². The molecule has 0 aromatic heterocycles. The highest BCUT2D eigenvalue weighted by Gasteiger charge is 2.12. The van der Waals surface area contributed by atoms with Crippen molar-refractivity contribution in [2.24, 2.45) is 0 Å². The summed E-state index contributed by atoms with van der Waals surface area (Å²) in [5.74, 6) is -0.115. The summed E-state index contributed by atoms with van der Waals surface area (Å²) in [7, 11) is 0. The van der Waals surface area contributed by atoms with E-state index in [2.05, 4.69) is 12.2 Å². The van der Waals surface area contributed by atoms with Gasteiger partial charge in [-0.25, -0.2) is 0 Å². The van der Waals surface area contributed by atoms with Crippen molar-refractivity contribution in [1.82, 2.24) is 5.32 Å². The van der Waals surface area contributed by atoms with Crippen LogP contribution in [0.3, 0.4) is 0 Å². The third-order valence-corrected chi connectivity index (χ3v) is 4.46. The lowest BCUT2D eigenvalue weighted by molar-refractivity contribution is -0.145. The number of nitrogens with one attached hydrogen (secondary N) is 1. The molecular formula is C20H39NO5. The van der Waals surface area contributed by atoms with Gasteiger partial charge in [0.05, 0.1) is 39.1 Å². The zero-order chi connectivity index (χ0) is 18.7. The van der Waals surface area contributed by atoms with Gasteiger partial charge in [0.1, 0.15) is 6.61 Å². The van der Waals surface area contributed by atoms with E-state index in [9.17, 15) is 4.79 Å². The summed E-state index contributed by atoms with van der Waals surface area (Å²) in [6.07, 6.45) is 10.1. The van der Waals surface area contributed by atoms with Gasteiger partial charge in [0.25, 0.3) is 0 Å². The second kappa shape index (κ2) is 17.7. The van der Waals surface area contributed by atoms with Gasteiger partial charge in [-0.05, 0) is 32.4 Å². The summed E-state index contributed by atoms with van der Waals surface area (Å²) in [4.78, 5) is 11.5. The number of ether oxygens (including phenoxy) is 4. The Kier molecular flexibility index (Phi) is 15.9. The number of hydrogen-bond acceptors (Lipinski definition) is 6. The standard InChI is InChI=1S/C20H39NO5/c1-2-3-4-5-6-7-8-20(22)26-18-16-24-14-13-23-15-17-25-19-9-11-21-12-10-19/h19,21H,2-18H2,1H3. The molecule has 1 aliphatic rings. The Labute approximate surface area is 159 Å². The Bertz CT molecular complexity index is 321. The van der Waals surface area contributed by atoms with Crippen molar-refractivity contribution in [1.29, 1.82) is 0 Å². The molecule has 6 nitrogen and oxygen atoms in total. The largest absolute Gasteiger partial charge is 0.463 e. The van der Waals surface area contributed by atoms with Crippen molar-refractivity contribution in [3.63, 3.8) is 0 Å². The first-order chi connectivity index (χ1) is 12.8. The van der Waals surface area contributed by atoms with E-state index in [4.69, 9.17) is 18.9 Å². The summed E-state index contributed by atoms with van der Waals surface area (Å²) in [6.45, 7) is 7.34. The minimum atomic E-state index is -0.115. The van der Waals surface area contributed by atoms with Crippen LogP contribution in [0.25, 0.3) is 0 Å². The van der Waals surface area contributed by atoms with Gasteiger partial charge in [-0.2, -0.15) is 0 Å². The first-order valence-electron chi connectivity index (χ1n) is 10.5.